The Morgan fingerprint density at radius 1 is 1.17 bits per heavy atom. The van der Waals surface area contributed by atoms with Gasteiger partial charge in [-0.2, -0.15) is 0 Å². The minimum atomic E-state index is 0.672. The number of hydrogen-bond donors (Lipinski definition) is 0. The van der Waals surface area contributed by atoms with Crippen molar-refractivity contribution in [2.75, 3.05) is 13.6 Å². The lowest BCUT2D eigenvalue weighted by atomic mass is 9.99. The van der Waals surface area contributed by atoms with E-state index in [9.17, 15) is 0 Å². The largest absolute Gasteiger partial charge is 0.287 e. The van der Waals surface area contributed by atoms with E-state index in [1.807, 2.05) is 0 Å². The summed E-state index contributed by atoms with van der Waals surface area (Å²) in [5.41, 5.74) is 0. The number of fused-ring (bicyclic) bond motifs is 1. The van der Waals surface area contributed by atoms with Crippen molar-refractivity contribution in [1.82, 2.24) is 9.80 Å². The summed E-state index contributed by atoms with van der Waals surface area (Å²) in [4.78, 5) is 5.18. The molecule has 0 aliphatic carbocycles. The average Bonchev–Trinajstić information content (AvgIpc) is 2.33. The Hall–Kier alpha value is -0.0800. The molecule has 2 heterocycles. The number of rotatable bonds is 0. The van der Waals surface area contributed by atoms with E-state index in [1.165, 1.54) is 25.8 Å². The highest BCUT2D eigenvalue weighted by Gasteiger charge is 2.40. The summed E-state index contributed by atoms with van der Waals surface area (Å²) in [6.45, 7) is 6.02. The molecule has 2 nitrogen and oxygen atoms in total. The van der Waals surface area contributed by atoms with Crippen LogP contribution >= 0.6 is 0 Å². The third kappa shape index (κ3) is 1.09. The zero-order chi connectivity index (χ0) is 8.72. The predicted octanol–water partition coefficient (Wildman–Crippen LogP) is 1.52. The molecular weight excluding hydrogens is 148 g/mol. The summed E-state index contributed by atoms with van der Waals surface area (Å²) in [6, 6.07) is 1.61. The van der Waals surface area contributed by atoms with E-state index in [1.54, 1.807) is 0 Å². The number of likely N-dealkylation sites (N-methyl/N-ethyl adjacent to an activating group) is 1. The molecule has 2 fully saturated rings. The Bertz CT molecular complexity index is 151. The minimum Gasteiger partial charge on any atom is -0.287 e. The van der Waals surface area contributed by atoms with Crippen LogP contribution in [0.5, 0.6) is 0 Å². The van der Waals surface area contributed by atoms with Gasteiger partial charge in [0.2, 0.25) is 0 Å². The van der Waals surface area contributed by atoms with Crippen LogP contribution in [-0.2, 0) is 0 Å². The van der Waals surface area contributed by atoms with E-state index in [0.29, 0.717) is 6.17 Å². The summed E-state index contributed by atoms with van der Waals surface area (Å²) < 4.78 is 0. The lowest BCUT2D eigenvalue weighted by molar-refractivity contribution is 0.126. The van der Waals surface area contributed by atoms with Crippen molar-refractivity contribution in [3.63, 3.8) is 0 Å². The Morgan fingerprint density at radius 3 is 2.58 bits per heavy atom. The van der Waals surface area contributed by atoms with Gasteiger partial charge in [-0.25, -0.2) is 0 Å². The molecule has 2 aliphatic heterocycles. The second kappa shape index (κ2) is 3.00. The monoisotopic (exact) mass is 168 g/mol. The Labute approximate surface area is 75.5 Å². The molecular formula is C10H20N2. The molecule has 70 valence electrons. The summed E-state index contributed by atoms with van der Waals surface area (Å²) in [5.74, 6) is 0. The fourth-order valence-corrected chi connectivity index (χ4v) is 2.81. The molecule has 0 aromatic rings. The third-order valence-corrected chi connectivity index (χ3v) is 3.86. The van der Waals surface area contributed by atoms with E-state index in [-0.39, 0.29) is 0 Å². The van der Waals surface area contributed by atoms with Gasteiger partial charge in [0, 0.05) is 12.1 Å². The fraction of sp³-hybridized carbons (Fsp3) is 1.00. The van der Waals surface area contributed by atoms with Gasteiger partial charge in [-0.3, -0.25) is 9.80 Å². The van der Waals surface area contributed by atoms with Crippen molar-refractivity contribution >= 4 is 0 Å². The van der Waals surface area contributed by atoms with Crippen LogP contribution in [0.15, 0.2) is 0 Å². The highest BCUT2D eigenvalue weighted by molar-refractivity contribution is 4.94. The van der Waals surface area contributed by atoms with Crippen LogP contribution in [0.3, 0.4) is 0 Å². The maximum Gasteiger partial charge on any atom is 0.0596 e. The van der Waals surface area contributed by atoms with E-state index in [0.717, 1.165) is 12.1 Å². The first-order chi connectivity index (χ1) is 5.72. The number of piperidine rings is 1. The van der Waals surface area contributed by atoms with Crippen LogP contribution in [0, 0.1) is 0 Å². The molecule has 0 aromatic heterocycles. The molecule has 3 unspecified atom stereocenters. The standard InChI is InChI=1S/C10H20N2/c1-8-10-6-4-5-7-12(10)9(2)11(8)3/h8-10H,4-7H2,1-3H3. The molecule has 0 aromatic carbocycles. The van der Waals surface area contributed by atoms with Gasteiger partial charge in [-0.15, -0.1) is 0 Å². The van der Waals surface area contributed by atoms with Gasteiger partial charge < -0.3 is 0 Å². The second-order valence-corrected chi connectivity index (χ2v) is 4.34. The fourth-order valence-electron chi connectivity index (χ4n) is 2.81. The Balaban J connectivity index is 2.14. The molecule has 2 saturated heterocycles. The summed E-state index contributed by atoms with van der Waals surface area (Å²) in [5, 5.41) is 0. The van der Waals surface area contributed by atoms with E-state index >= 15 is 0 Å². The van der Waals surface area contributed by atoms with Crippen LogP contribution < -0.4 is 0 Å². The van der Waals surface area contributed by atoms with Gasteiger partial charge in [0.1, 0.15) is 0 Å². The molecule has 0 bridgehead atoms. The van der Waals surface area contributed by atoms with E-state index in [4.69, 9.17) is 0 Å². The molecule has 0 amide bonds. The predicted molar refractivity (Wildman–Crippen MR) is 51.0 cm³/mol. The SMILES string of the molecule is CC1C2CCCCN2C(C)N1C. The van der Waals surface area contributed by atoms with Crippen LogP contribution in [0.2, 0.25) is 0 Å². The molecule has 2 aliphatic rings. The zero-order valence-electron chi connectivity index (χ0n) is 8.45. The minimum absolute atomic E-state index is 0.672. The van der Waals surface area contributed by atoms with Gasteiger partial charge in [-0.1, -0.05) is 6.42 Å². The Morgan fingerprint density at radius 2 is 1.92 bits per heavy atom. The quantitative estimate of drug-likeness (QED) is 0.541. The van der Waals surface area contributed by atoms with Gasteiger partial charge in [-0.05, 0) is 40.3 Å². The topological polar surface area (TPSA) is 6.48 Å². The Kier molecular flexibility index (Phi) is 2.13. The lowest BCUT2D eigenvalue weighted by Crippen LogP contribution is -2.41. The van der Waals surface area contributed by atoms with E-state index < -0.39 is 0 Å². The summed E-state index contributed by atoms with van der Waals surface area (Å²) in [6.07, 6.45) is 4.92. The van der Waals surface area contributed by atoms with Crippen LogP contribution in [0.4, 0.5) is 0 Å². The molecule has 0 spiro atoms. The van der Waals surface area contributed by atoms with Gasteiger partial charge >= 0.3 is 0 Å². The maximum absolute atomic E-state index is 2.67. The first-order valence-electron chi connectivity index (χ1n) is 5.19. The molecule has 0 saturated carbocycles. The van der Waals surface area contributed by atoms with Crippen molar-refractivity contribution < 1.29 is 0 Å². The second-order valence-electron chi connectivity index (χ2n) is 4.34. The van der Waals surface area contributed by atoms with Gasteiger partial charge in [0.05, 0.1) is 6.17 Å². The normalized spacial score (nSPS) is 44.8. The van der Waals surface area contributed by atoms with E-state index in [2.05, 4.69) is 30.7 Å². The van der Waals surface area contributed by atoms with Gasteiger partial charge in [0.25, 0.3) is 0 Å². The van der Waals surface area contributed by atoms with Crippen molar-refractivity contribution in [2.24, 2.45) is 0 Å². The molecule has 2 heteroatoms. The molecule has 0 radical (unpaired) electrons. The molecule has 12 heavy (non-hydrogen) atoms. The number of nitrogens with zero attached hydrogens (tertiary/aromatic N) is 2. The van der Waals surface area contributed by atoms with Gasteiger partial charge in [0.15, 0.2) is 0 Å². The van der Waals surface area contributed by atoms with Crippen molar-refractivity contribution in [3.8, 4) is 0 Å². The van der Waals surface area contributed by atoms with Crippen molar-refractivity contribution in [1.29, 1.82) is 0 Å². The van der Waals surface area contributed by atoms with Crippen molar-refractivity contribution in [2.45, 2.75) is 51.4 Å². The first-order valence-corrected chi connectivity index (χ1v) is 5.19. The lowest BCUT2D eigenvalue weighted by Gasteiger charge is -2.32. The smallest absolute Gasteiger partial charge is 0.0596 e. The van der Waals surface area contributed by atoms with Crippen LogP contribution in [-0.4, -0.2) is 41.6 Å². The first kappa shape index (κ1) is 8.52. The average molecular weight is 168 g/mol. The molecule has 0 N–H and O–H groups in total. The van der Waals surface area contributed by atoms with Crippen LogP contribution in [0.25, 0.3) is 0 Å². The summed E-state index contributed by atoms with van der Waals surface area (Å²) in [7, 11) is 2.26. The zero-order valence-corrected chi connectivity index (χ0v) is 8.45. The van der Waals surface area contributed by atoms with Crippen LogP contribution in [0.1, 0.15) is 33.1 Å². The molecule has 2 rings (SSSR count). The maximum atomic E-state index is 2.67. The number of hydrogen-bond acceptors (Lipinski definition) is 2. The molecule has 3 atom stereocenters. The highest BCUT2D eigenvalue weighted by atomic mass is 15.4. The third-order valence-electron chi connectivity index (χ3n) is 3.86. The van der Waals surface area contributed by atoms with Crippen molar-refractivity contribution in [3.05, 3.63) is 0 Å². The summed E-state index contributed by atoms with van der Waals surface area (Å²) >= 11 is 0. The highest BCUT2D eigenvalue weighted by Crippen LogP contribution is 2.31.